The van der Waals surface area contributed by atoms with Crippen molar-refractivity contribution in [2.75, 3.05) is 0 Å². The van der Waals surface area contributed by atoms with Gasteiger partial charge in [0.2, 0.25) is 0 Å². The van der Waals surface area contributed by atoms with Gasteiger partial charge in [0, 0.05) is 12.4 Å². The zero-order valence-electron chi connectivity index (χ0n) is 6.71. The van der Waals surface area contributed by atoms with Crippen molar-refractivity contribution < 1.29 is 42.6 Å². The Morgan fingerprint density at radius 2 is 1.69 bits per heavy atom. The topological polar surface area (TPSA) is 109 Å². The summed E-state index contributed by atoms with van der Waals surface area (Å²) in [7, 11) is -3.73. The van der Waals surface area contributed by atoms with Crippen LogP contribution in [0.1, 0.15) is 0 Å². The molecule has 0 amide bonds. The van der Waals surface area contributed by atoms with Crippen LogP contribution in [0.4, 0.5) is 0 Å². The molecule has 0 spiro atoms. The quantitative estimate of drug-likeness (QED) is 0.389. The number of hydrogen-bond acceptors (Lipinski definition) is 5. The van der Waals surface area contributed by atoms with Gasteiger partial charge in [-0.2, -0.15) is 0 Å². The minimum absolute atomic E-state index is 0. The molecule has 0 aliphatic heterocycles. The van der Waals surface area contributed by atoms with Crippen molar-refractivity contribution in [2.45, 2.75) is 5.16 Å². The molecule has 13 heavy (non-hydrogen) atoms. The van der Waals surface area contributed by atoms with Gasteiger partial charge in [0.1, 0.15) is 0 Å². The first-order valence-electron chi connectivity index (χ1n) is 2.56. The number of sulfonamides is 1. The summed E-state index contributed by atoms with van der Waals surface area (Å²) in [5.74, 6) is 0. The molecule has 0 atom stereocenters. The van der Waals surface area contributed by atoms with Crippen molar-refractivity contribution in [2.24, 2.45) is 5.14 Å². The summed E-state index contributed by atoms with van der Waals surface area (Å²) < 4.78 is 28.7. The second-order valence-corrected chi connectivity index (χ2v) is 3.03. The van der Waals surface area contributed by atoms with E-state index in [4.69, 9.17) is 9.80 Å². The van der Waals surface area contributed by atoms with Crippen molar-refractivity contribution >= 4 is 21.9 Å². The first-order valence-corrected chi connectivity index (χ1v) is 4.41. The van der Waals surface area contributed by atoms with Crippen molar-refractivity contribution in [3.8, 4) is 0 Å². The summed E-state index contributed by atoms with van der Waals surface area (Å²) in [4.78, 5) is 6.85. The first-order chi connectivity index (χ1) is 5.61. The van der Waals surface area contributed by atoms with Gasteiger partial charge in [-0.3, -0.25) is 0 Å². The Morgan fingerprint density at radius 1 is 1.31 bits per heavy atom. The van der Waals surface area contributed by atoms with Crippen LogP contribution in [-0.4, -0.2) is 18.4 Å². The smallest absolute Gasteiger partial charge is 0.769 e. The Hall–Kier alpha value is 0.240. The molecule has 0 aliphatic rings. The standard InChI is InChI=1S/C4H5N3O2S.ClO.Na/c5-10(8,9)4-6-2-1-3-7-4;1-2;/h1-3H,(H2,5,8,9);;/q;-1;+1. The third-order valence-corrected chi connectivity index (χ3v) is 1.52. The predicted molar refractivity (Wildman–Crippen MR) is 39.3 cm³/mol. The molecule has 1 aromatic heterocycles. The Bertz CT molecular complexity index is 319. The van der Waals surface area contributed by atoms with Gasteiger partial charge in [-0.15, -0.1) is 0 Å². The Morgan fingerprint density at radius 3 is 1.92 bits per heavy atom. The average Bonchev–Trinajstić information content (AvgIpc) is 2.08. The van der Waals surface area contributed by atoms with E-state index in [0.717, 1.165) is 0 Å². The molecule has 0 aromatic carbocycles. The van der Waals surface area contributed by atoms with E-state index in [1.807, 2.05) is 0 Å². The van der Waals surface area contributed by atoms with Crippen LogP contribution in [0, 0.1) is 0 Å². The Kier molecular flexibility index (Phi) is 9.21. The largest absolute Gasteiger partial charge is 1.00 e. The summed E-state index contributed by atoms with van der Waals surface area (Å²) in [5, 5.41) is 4.35. The molecule has 0 bridgehead atoms. The fourth-order valence-corrected chi connectivity index (χ4v) is 0.848. The second kappa shape index (κ2) is 7.63. The molecule has 0 fully saturated rings. The minimum atomic E-state index is -3.73. The van der Waals surface area contributed by atoms with E-state index in [2.05, 4.69) is 21.8 Å². The number of nitrogens with zero attached hydrogens (tertiary/aromatic N) is 2. The molecule has 0 aliphatic carbocycles. The third kappa shape index (κ3) is 6.33. The summed E-state index contributed by atoms with van der Waals surface area (Å²) in [5.41, 5.74) is 0. The SMILES string of the molecule is NS(=O)(=O)c1ncccn1.[Na+].[O-]Cl. The van der Waals surface area contributed by atoms with Gasteiger partial charge in [-0.1, -0.05) is 0 Å². The molecule has 9 heteroatoms. The predicted octanol–water partition coefficient (Wildman–Crippen LogP) is -4.37. The van der Waals surface area contributed by atoms with Crippen LogP contribution in [0.25, 0.3) is 0 Å². The molecule has 2 N–H and O–H groups in total. The van der Waals surface area contributed by atoms with E-state index < -0.39 is 10.0 Å². The molecule has 0 unspecified atom stereocenters. The molecular formula is C4H5ClN3NaO3S. The van der Waals surface area contributed by atoms with Crippen LogP contribution in [0.15, 0.2) is 23.6 Å². The van der Waals surface area contributed by atoms with Gasteiger partial charge < -0.3 is 4.66 Å². The molecule has 1 heterocycles. The maximum absolute atomic E-state index is 10.5. The number of hydrogen-bond donors (Lipinski definition) is 1. The molecule has 0 radical (unpaired) electrons. The molecule has 1 aromatic rings. The van der Waals surface area contributed by atoms with Crippen LogP contribution in [-0.2, 0) is 10.0 Å². The van der Waals surface area contributed by atoms with E-state index >= 15 is 0 Å². The fraction of sp³-hybridized carbons (Fsp3) is 0. The van der Waals surface area contributed by atoms with E-state index in [1.165, 1.54) is 18.5 Å². The van der Waals surface area contributed by atoms with Gasteiger partial charge in [0.15, 0.2) is 0 Å². The van der Waals surface area contributed by atoms with Crippen molar-refractivity contribution in [1.82, 2.24) is 9.97 Å². The Balaban J connectivity index is 0. The van der Waals surface area contributed by atoms with Gasteiger partial charge in [-0.25, -0.2) is 35.4 Å². The molecule has 0 saturated heterocycles. The molecular weight excluding hydrogens is 229 g/mol. The van der Waals surface area contributed by atoms with Gasteiger partial charge in [-0.05, 0) is 6.07 Å². The zero-order valence-corrected chi connectivity index (χ0v) is 10.3. The third-order valence-electron chi connectivity index (χ3n) is 0.797. The first kappa shape index (κ1) is 15.7. The number of rotatable bonds is 1. The van der Waals surface area contributed by atoms with Gasteiger partial charge in [0.25, 0.3) is 15.2 Å². The summed E-state index contributed by atoms with van der Waals surface area (Å²) in [6, 6.07) is 1.51. The van der Waals surface area contributed by atoms with E-state index in [1.54, 1.807) is 0 Å². The van der Waals surface area contributed by atoms with Crippen LogP contribution in [0.3, 0.4) is 0 Å². The number of halogens is 1. The van der Waals surface area contributed by atoms with Crippen LogP contribution in [0.5, 0.6) is 0 Å². The molecule has 68 valence electrons. The van der Waals surface area contributed by atoms with Gasteiger partial charge >= 0.3 is 29.6 Å². The average molecular weight is 234 g/mol. The minimum Gasteiger partial charge on any atom is -0.769 e. The Labute approximate surface area is 103 Å². The number of nitrogens with two attached hydrogens (primary N) is 1. The van der Waals surface area contributed by atoms with Crippen LogP contribution < -0.4 is 39.4 Å². The van der Waals surface area contributed by atoms with E-state index in [9.17, 15) is 8.42 Å². The van der Waals surface area contributed by atoms with E-state index in [0.29, 0.717) is 0 Å². The molecule has 1 rings (SSSR count). The monoisotopic (exact) mass is 233 g/mol. The summed E-state index contributed by atoms with van der Waals surface area (Å²) in [6.07, 6.45) is 2.62. The van der Waals surface area contributed by atoms with Crippen LogP contribution >= 0.6 is 11.9 Å². The van der Waals surface area contributed by atoms with Crippen molar-refractivity contribution in [1.29, 1.82) is 0 Å². The number of aromatic nitrogens is 2. The molecule has 6 nitrogen and oxygen atoms in total. The van der Waals surface area contributed by atoms with Crippen molar-refractivity contribution in [3.05, 3.63) is 18.5 Å². The normalized spacial score (nSPS) is 9.15. The maximum atomic E-state index is 10.5. The molecule has 0 saturated carbocycles. The zero-order chi connectivity index (χ0) is 9.61. The second-order valence-electron chi connectivity index (χ2n) is 1.58. The summed E-state index contributed by atoms with van der Waals surface area (Å²) in [6.45, 7) is 0. The fourth-order valence-electron chi connectivity index (χ4n) is 0.432. The van der Waals surface area contributed by atoms with Crippen LogP contribution in [0.2, 0.25) is 0 Å². The summed E-state index contributed by atoms with van der Waals surface area (Å²) >= 11 is 3.39. The maximum Gasteiger partial charge on any atom is 1.00 e. The van der Waals surface area contributed by atoms with E-state index in [-0.39, 0.29) is 34.7 Å². The van der Waals surface area contributed by atoms with Gasteiger partial charge in [0.05, 0.1) is 0 Å². The van der Waals surface area contributed by atoms with Crippen molar-refractivity contribution in [3.63, 3.8) is 0 Å². The number of primary sulfonamides is 1.